The molecule has 1 aromatic carbocycles. The number of aromatic nitrogens is 3. The molecule has 4 nitrogen and oxygen atoms in total. The Bertz CT molecular complexity index is 733. The van der Waals surface area contributed by atoms with Gasteiger partial charge in [0, 0.05) is 19.7 Å². The van der Waals surface area contributed by atoms with Crippen LogP contribution in [0.3, 0.4) is 0 Å². The normalized spacial score (nSPS) is 10.9. The van der Waals surface area contributed by atoms with Crippen LogP contribution in [0.25, 0.3) is 22.6 Å². The molecule has 0 saturated carbocycles. The Balaban J connectivity index is 2.14. The fraction of sp³-hybridized carbons (Fsp3) is 0.143. The van der Waals surface area contributed by atoms with Crippen LogP contribution < -0.4 is 4.90 Å². The summed E-state index contributed by atoms with van der Waals surface area (Å²) in [4.78, 5) is 14.2. The highest BCUT2D eigenvalue weighted by Crippen LogP contribution is 2.27. The second-order valence-corrected chi connectivity index (χ2v) is 4.91. The minimum atomic E-state index is 0.675. The molecule has 0 spiro atoms. The van der Waals surface area contributed by atoms with Gasteiger partial charge in [0.05, 0.1) is 10.5 Å². The first-order valence-corrected chi connectivity index (χ1v) is 6.32. The van der Waals surface area contributed by atoms with Crippen LogP contribution in [0.5, 0.6) is 0 Å². The predicted molar refractivity (Wildman–Crippen MR) is 78.7 cm³/mol. The van der Waals surface area contributed by atoms with Crippen molar-refractivity contribution in [3.63, 3.8) is 0 Å². The molecule has 19 heavy (non-hydrogen) atoms. The van der Waals surface area contributed by atoms with Gasteiger partial charge in [-0.3, -0.25) is 0 Å². The van der Waals surface area contributed by atoms with Gasteiger partial charge in [-0.15, -0.1) is 0 Å². The molecule has 2 heterocycles. The maximum atomic E-state index is 6.18. The summed E-state index contributed by atoms with van der Waals surface area (Å²) < 4.78 is 0. The van der Waals surface area contributed by atoms with E-state index in [9.17, 15) is 0 Å². The highest BCUT2D eigenvalue weighted by molar-refractivity contribution is 6.33. The van der Waals surface area contributed by atoms with Gasteiger partial charge < -0.3 is 9.88 Å². The van der Waals surface area contributed by atoms with Crippen molar-refractivity contribution in [3.05, 3.63) is 41.4 Å². The molecule has 0 aliphatic rings. The number of fused-ring (bicyclic) bond motifs is 1. The van der Waals surface area contributed by atoms with Crippen molar-refractivity contribution in [2.45, 2.75) is 0 Å². The number of hydrogen-bond acceptors (Lipinski definition) is 3. The van der Waals surface area contributed by atoms with Crippen molar-refractivity contribution in [3.8, 4) is 11.4 Å². The molecule has 3 rings (SSSR count). The van der Waals surface area contributed by atoms with E-state index in [0.717, 1.165) is 22.7 Å². The molecule has 0 atom stereocenters. The lowest BCUT2D eigenvalue weighted by molar-refractivity contribution is 1.08. The molecule has 0 aliphatic heterocycles. The molecular weight excluding hydrogens is 260 g/mol. The lowest BCUT2D eigenvalue weighted by Crippen LogP contribution is -2.10. The van der Waals surface area contributed by atoms with Crippen molar-refractivity contribution >= 4 is 28.6 Å². The van der Waals surface area contributed by atoms with E-state index in [0.29, 0.717) is 10.7 Å². The zero-order chi connectivity index (χ0) is 13.4. The molecule has 0 fully saturated rings. The number of rotatable bonds is 2. The zero-order valence-corrected chi connectivity index (χ0v) is 11.4. The van der Waals surface area contributed by atoms with E-state index in [1.807, 2.05) is 55.4 Å². The molecule has 0 saturated heterocycles. The fourth-order valence-corrected chi connectivity index (χ4v) is 2.14. The summed E-state index contributed by atoms with van der Waals surface area (Å²) in [5.41, 5.74) is 2.48. The minimum absolute atomic E-state index is 0.675. The number of halogens is 1. The summed E-state index contributed by atoms with van der Waals surface area (Å²) in [5, 5.41) is 0.675. The zero-order valence-electron chi connectivity index (χ0n) is 10.7. The summed E-state index contributed by atoms with van der Waals surface area (Å²) in [5.74, 6) is 1.62. The van der Waals surface area contributed by atoms with Crippen LogP contribution in [0.2, 0.25) is 5.02 Å². The number of aromatic amines is 1. The van der Waals surface area contributed by atoms with Crippen LogP contribution in [-0.4, -0.2) is 29.0 Å². The lowest BCUT2D eigenvalue weighted by atomic mass is 10.2. The van der Waals surface area contributed by atoms with Crippen molar-refractivity contribution < 1.29 is 0 Å². The van der Waals surface area contributed by atoms with Gasteiger partial charge in [0.1, 0.15) is 11.6 Å². The molecule has 0 unspecified atom stereocenters. The maximum absolute atomic E-state index is 6.18. The van der Waals surface area contributed by atoms with E-state index in [4.69, 9.17) is 11.6 Å². The Labute approximate surface area is 116 Å². The number of H-pyrrole nitrogens is 1. The summed E-state index contributed by atoms with van der Waals surface area (Å²) in [6, 6.07) is 11.6. The minimum Gasteiger partial charge on any atom is -0.363 e. The van der Waals surface area contributed by atoms with Crippen LogP contribution in [0.15, 0.2) is 36.4 Å². The first-order chi connectivity index (χ1) is 9.15. The first-order valence-electron chi connectivity index (χ1n) is 5.94. The average molecular weight is 273 g/mol. The van der Waals surface area contributed by atoms with E-state index >= 15 is 0 Å². The second-order valence-electron chi connectivity index (χ2n) is 4.50. The van der Waals surface area contributed by atoms with Gasteiger partial charge >= 0.3 is 0 Å². The third kappa shape index (κ3) is 2.15. The van der Waals surface area contributed by atoms with Crippen LogP contribution in [-0.2, 0) is 0 Å². The molecule has 3 aromatic rings. The first kappa shape index (κ1) is 12.0. The van der Waals surface area contributed by atoms with Crippen molar-refractivity contribution in [1.29, 1.82) is 0 Å². The molecule has 1 N–H and O–H groups in total. The van der Waals surface area contributed by atoms with Crippen LogP contribution in [0, 0.1) is 0 Å². The highest BCUT2D eigenvalue weighted by atomic mass is 35.5. The van der Waals surface area contributed by atoms with Crippen LogP contribution >= 0.6 is 11.6 Å². The van der Waals surface area contributed by atoms with Gasteiger partial charge in [-0.25, -0.2) is 9.97 Å². The molecule has 2 aromatic heterocycles. The third-order valence-corrected chi connectivity index (χ3v) is 3.25. The Morgan fingerprint density at radius 2 is 1.84 bits per heavy atom. The van der Waals surface area contributed by atoms with E-state index < -0.39 is 0 Å². The monoisotopic (exact) mass is 272 g/mol. The Kier molecular flexibility index (Phi) is 2.87. The number of anilines is 1. The van der Waals surface area contributed by atoms with Crippen molar-refractivity contribution in [2.75, 3.05) is 19.0 Å². The third-order valence-electron chi connectivity index (χ3n) is 2.92. The SMILES string of the molecule is CN(C)c1ccc2[nH]c(-c3ccccc3Cl)nc2n1. The van der Waals surface area contributed by atoms with E-state index in [1.54, 1.807) is 0 Å². The quantitative estimate of drug-likeness (QED) is 0.778. The summed E-state index contributed by atoms with van der Waals surface area (Å²) >= 11 is 6.18. The van der Waals surface area contributed by atoms with Gasteiger partial charge in [0.25, 0.3) is 0 Å². The Hall–Kier alpha value is -2.07. The van der Waals surface area contributed by atoms with Gasteiger partial charge in [-0.2, -0.15) is 0 Å². The van der Waals surface area contributed by atoms with Gasteiger partial charge in [0.15, 0.2) is 5.65 Å². The Morgan fingerprint density at radius 3 is 2.58 bits per heavy atom. The number of nitrogens with zero attached hydrogens (tertiary/aromatic N) is 3. The molecule has 0 radical (unpaired) electrons. The summed E-state index contributed by atoms with van der Waals surface area (Å²) in [6.07, 6.45) is 0. The number of hydrogen-bond donors (Lipinski definition) is 1. The number of benzene rings is 1. The second kappa shape index (κ2) is 4.55. The lowest BCUT2D eigenvalue weighted by Gasteiger charge is -2.09. The van der Waals surface area contributed by atoms with E-state index in [1.165, 1.54) is 0 Å². The maximum Gasteiger partial charge on any atom is 0.180 e. The van der Waals surface area contributed by atoms with Gasteiger partial charge in [-0.05, 0) is 24.3 Å². The largest absolute Gasteiger partial charge is 0.363 e. The van der Waals surface area contributed by atoms with Crippen molar-refractivity contribution in [2.24, 2.45) is 0 Å². The summed E-state index contributed by atoms with van der Waals surface area (Å²) in [6.45, 7) is 0. The molecule has 0 amide bonds. The smallest absolute Gasteiger partial charge is 0.180 e. The molecule has 5 heteroatoms. The standard InChI is InChI=1S/C14H13ClN4/c1-19(2)12-8-7-11-14(17-12)18-13(16-11)9-5-3-4-6-10(9)15/h3-8H,1-2H3,(H,16,17,18). The molecule has 0 aliphatic carbocycles. The molecule has 0 bridgehead atoms. The Morgan fingerprint density at radius 1 is 1.05 bits per heavy atom. The summed E-state index contributed by atoms with van der Waals surface area (Å²) in [7, 11) is 3.91. The van der Waals surface area contributed by atoms with Gasteiger partial charge in [-0.1, -0.05) is 23.7 Å². The number of pyridine rings is 1. The average Bonchev–Trinajstić information content (AvgIpc) is 2.81. The van der Waals surface area contributed by atoms with Crippen LogP contribution in [0.4, 0.5) is 5.82 Å². The number of nitrogens with one attached hydrogen (secondary N) is 1. The van der Waals surface area contributed by atoms with Crippen LogP contribution in [0.1, 0.15) is 0 Å². The number of imidazole rings is 1. The predicted octanol–water partition coefficient (Wildman–Crippen LogP) is 3.34. The molecule has 96 valence electrons. The van der Waals surface area contributed by atoms with E-state index in [2.05, 4.69) is 15.0 Å². The van der Waals surface area contributed by atoms with E-state index in [-0.39, 0.29) is 0 Å². The highest BCUT2D eigenvalue weighted by Gasteiger charge is 2.10. The fourth-order valence-electron chi connectivity index (χ4n) is 1.91. The van der Waals surface area contributed by atoms with Gasteiger partial charge in [0.2, 0.25) is 0 Å². The topological polar surface area (TPSA) is 44.8 Å². The van der Waals surface area contributed by atoms with Crippen molar-refractivity contribution in [1.82, 2.24) is 15.0 Å². The molecular formula is C14H13ClN4.